The number of methoxy groups -OCH3 is 1. The molecule has 1 fully saturated rings. The molecule has 1 amide bonds. The lowest BCUT2D eigenvalue weighted by atomic mass is 9.98. The van der Waals surface area contributed by atoms with Crippen molar-refractivity contribution < 1.29 is 9.53 Å². The number of hydrogen-bond acceptors (Lipinski definition) is 3. The third-order valence-corrected chi connectivity index (χ3v) is 3.88. The summed E-state index contributed by atoms with van der Waals surface area (Å²) >= 11 is 5.83. The molecular formula is C14H20Cl2N2O2. The minimum absolute atomic E-state index is 0. The van der Waals surface area contributed by atoms with E-state index in [1.54, 1.807) is 31.4 Å². The highest BCUT2D eigenvalue weighted by Gasteiger charge is 2.31. The number of rotatable bonds is 3. The van der Waals surface area contributed by atoms with Crippen molar-refractivity contribution in [3.05, 3.63) is 34.9 Å². The first kappa shape index (κ1) is 17.2. The molecule has 112 valence electrons. The third-order valence-electron chi connectivity index (χ3n) is 3.63. The summed E-state index contributed by atoms with van der Waals surface area (Å²) < 4.78 is 5.36. The van der Waals surface area contributed by atoms with Crippen molar-refractivity contribution in [1.82, 2.24) is 4.90 Å². The molecule has 0 spiro atoms. The average molecular weight is 319 g/mol. The van der Waals surface area contributed by atoms with Crippen LogP contribution in [-0.4, -0.2) is 43.2 Å². The van der Waals surface area contributed by atoms with Gasteiger partial charge in [-0.15, -0.1) is 12.4 Å². The number of nitrogens with zero attached hydrogens (tertiary/aromatic N) is 1. The van der Waals surface area contributed by atoms with Crippen LogP contribution in [0.2, 0.25) is 5.02 Å². The molecular weight excluding hydrogens is 299 g/mol. The van der Waals surface area contributed by atoms with Gasteiger partial charge < -0.3 is 15.4 Å². The number of piperidine rings is 1. The molecule has 2 atom stereocenters. The second-order valence-corrected chi connectivity index (χ2v) is 5.21. The van der Waals surface area contributed by atoms with Crippen LogP contribution in [0.15, 0.2) is 24.3 Å². The minimum atomic E-state index is 0. The molecule has 0 aromatic heterocycles. The first-order chi connectivity index (χ1) is 9.15. The zero-order chi connectivity index (χ0) is 13.8. The summed E-state index contributed by atoms with van der Waals surface area (Å²) in [6, 6.07) is 7.01. The van der Waals surface area contributed by atoms with Gasteiger partial charge in [0.1, 0.15) is 0 Å². The molecule has 6 heteroatoms. The fourth-order valence-electron chi connectivity index (χ4n) is 2.48. The molecule has 1 aromatic rings. The standard InChI is InChI=1S/C14H19ClN2O2.ClH/c1-19-13-6-7-17(12(8-13)9-16)14(18)10-2-4-11(15)5-3-10;/h2-5,12-13H,6-9,16H2,1H3;1H. The van der Waals surface area contributed by atoms with Gasteiger partial charge >= 0.3 is 0 Å². The molecule has 1 aliphatic heterocycles. The van der Waals surface area contributed by atoms with Gasteiger partial charge in [0.2, 0.25) is 0 Å². The molecule has 0 radical (unpaired) electrons. The predicted octanol–water partition coefficient (Wildman–Crippen LogP) is 2.34. The van der Waals surface area contributed by atoms with Gasteiger partial charge in [-0.05, 0) is 37.1 Å². The fourth-order valence-corrected chi connectivity index (χ4v) is 2.60. The monoisotopic (exact) mass is 318 g/mol. The Morgan fingerprint density at radius 2 is 2.10 bits per heavy atom. The van der Waals surface area contributed by atoms with E-state index in [2.05, 4.69) is 0 Å². The van der Waals surface area contributed by atoms with Gasteiger partial charge in [-0.2, -0.15) is 0 Å². The Hall–Kier alpha value is -0.810. The third kappa shape index (κ3) is 3.85. The van der Waals surface area contributed by atoms with Crippen LogP contribution in [0.25, 0.3) is 0 Å². The number of carbonyl (C=O) groups is 1. The summed E-state index contributed by atoms with van der Waals surface area (Å²) in [6.45, 7) is 1.14. The van der Waals surface area contributed by atoms with Gasteiger partial charge in [0, 0.05) is 36.8 Å². The zero-order valence-corrected chi connectivity index (χ0v) is 13.0. The highest BCUT2D eigenvalue weighted by atomic mass is 35.5. The van der Waals surface area contributed by atoms with Crippen molar-refractivity contribution in [3.8, 4) is 0 Å². The van der Waals surface area contributed by atoms with Crippen molar-refractivity contribution in [2.24, 2.45) is 5.73 Å². The maximum Gasteiger partial charge on any atom is 0.254 e. The number of benzene rings is 1. The number of likely N-dealkylation sites (tertiary alicyclic amines) is 1. The Balaban J connectivity index is 0.00000200. The molecule has 2 unspecified atom stereocenters. The topological polar surface area (TPSA) is 55.6 Å². The summed E-state index contributed by atoms with van der Waals surface area (Å²) in [5.74, 6) is 0.0154. The number of carbonyl (C=O) groups excluding carboxylic acids is 1. The van der Waals surface area contributed by atoms with Crippen LogP contribution in [0.3, 0.4) is 0 Å². The van der Waals surface area contributed by atoms with Gasteiger partial charge in [-0.3, -0.25) is 4.79 Å². The molecule has 1 heterocycles. The Bertz CT molecular complexity index is 439. The van der Waals surface area contributed by atoms with E-state index in [0.717, 1.165) is 12.8 Å². The van der Waals surface area contributed by atoms with E-state index in [0.29, 0.717) is 23.7 Å². The number of ether oxygens (including phenoxy) is 1. The highest BCUT2D eigenvalue weighted by molar-refractivity contribution is 6.30. The Morgan fingerprint density at radius 3 is 2.65 bits per heavy atom. The molecule has 1 aromatic carbocycles. The summed E-state index contributed by atoms with van der Waals surface area (Å²) in [6.07, 6.45) is 1.85. The smallest absolute Gasteiger partial charge is 0.254 e. The van der Waals surface area contributed by atoms with E-state index < -0.39 is 0 Å². The van der Waals surface area contributed by atoms with E-state index in [1.165, 1.54) is 0 Å². The van der Waals surface area contributed by atoms with Crippen molar-refractivity contribution in [3.63, 3.8) is 0 Å². The number of amides is 1. The molecule has 2 N–H and O–H groups in total. The van der Waals surface area contributed by atoms with Gasteiger partial charge in [-0.1, -0.05) is 11.6 Å². The molecule has 1 saturated heterocycles. The summed E-state index contributed by atoms with van der Waals surface area (Å²) in [5.41, 5.74) is 6.43. The number of nitrogens with two attached hydrogens (primary N) is 1. The zero-order valence-electron chi connectivity index (χ0n) is 11.4. The lowest BCUT2D eigenvalue weighted by Gasteiger charge is -2.38. The quantitative estimate of drug-likeness (QED) is 0.930. The maximum absolute atomic E-state index is 12.5. The molecule has 4 nitrogen and oxygen atoms in total. The van der Waals surface area contributed by atoms with E-state index in [4.69, 9.17) is 22.1 Å². The van der Waals surface area contributed by atoms with Crippen LogP contribution < -0.4 is 5.73 Å². The summed E-state index contributed by atoms with van der Waals surface area (Å²) in [5, 5.41) is 0.630. The van der Waals surface area contributed by atoms with Crippen LogP contribution in [0.4, 0.5) is 0 Å². The minimum Gasteiger partial charge on any atom is -0.381 e. The first-order valence-corrected chi connectivity index (χ1v) is 6.83. The number of hydrogen-bond donors (Lipinski definition) is 1. The SMILES string of the molecule is COC1CCN(C(=O)c2ccc(Cl)cc2)C(CN)C1.Cl. The van der Waals surface area contributed by atoms with Crippen molar-refractivity contribution in [1.29, 1.82) is 0 Å². The summed E-state index contributed by atoms with van der Waals surface area (Å²) in [4.78, 5) is 14.3. The molecule has 0 saturated carbocycles. The first-order valence-electron chi connectivity index (χ1n) is 6.45. The van der Waals surface area contributed by atoms with E-state index in [1.807, 2.05) is 4.90 Å². The molecule has 0 bridgehead atoms. The number of halogens is 2. The van der Waals surface area contributed by atoms with Gasteiger partial charge in [0.25, 0.3) is 5.91 Å². The van der Waals surface area contributed by atoms with E-state index in [-0.39, 0.29) is 30.5 Å². The second kappa shape index (κ2) is 7.84. The molecule has 20 heavy (non-hydrogen) atoms. The van der Waals surface area contributed by atoms with Crippen molar-refractivity contribution in [2.75, 3.05) is 20.2 Å². The maximum atomic E-state index is 12.5. The molecule has 0 aliphatic carbocycles. The largest absolute Gasteiger partial charge is 0.381 e. The molecule has 1 aliphatic rings. The van der Waals surface area contributed by atoms with Crippen molar-refractivity contribution in [2.45, 2.75) is 25.0 Å². The predicted molar refractivity (Wildman–Crippen MR) is 82.6 cm³/mol. The average Bonchev–Trinajstić information content (AvgIpc) is 2.46. The lowest BCUT2D eigenvalue weighted by Crippen LogP contribution is -2.51. The lowest BCUT2D eigenvalue weighted by molar-refractivity contribution is 0.0139. The molecule has 2 rings (SSSR count). The van der Waals surface area contributed by atoms with E-state index >= 15 is 0 Å². The Labute approximate surface area is 130 Å². The Kier molecular flexibility index (Phi) is 6.76. The van der Waals surface area contributed by atoms with E-state index in [9.17, 15) is 4.79 Å². The van der Waals surface area contributed by atoms with Crippen LogP contribution >= 0.6 is 24.0 Å². The van der Waals surface area contributed by atoms with Gasteiger partial charge in [0.15, 0.2) is 0 Å². The van der Waals surface area contributed by atoms with Gasteiger partial charge in [-0.25, -0.2) is 0 Å². The fraction of sp³-hybridized carbons (Fsp3) is 0.500. The van der Waals surface area contributed by atoms with Crippen molar-refractivity contribution >= 4 is 29.9 Å². The highest BCUT2D eigenvalue weighted by Crippen LogP contribution is 2.22. The second-order valence-electron chi connectivity index (χ2n) is 4.78. The van der Waals surface area contributed by atoms with Crippen LogP contribution in [0, 0.1) is 0 Å². The van der Waals surface area contributed by atoms with Crippen LogP contribution in [-0.2, 0) is 4.74 Å². The summed E-state index contributed by atoms with van der Waals surface area (Å²) in [7, 11) is 1.70. The van der Waals surface area contributed by atoms with Crippen LogP contribution in [0.1, 0.15) is 23.2 Å². The Morgan fingerprint density at radius 1 is 1.45 bits per heavy atom. The van der Waals surface area contributed by atoms with Crippen LogP contribution in [0.5, 0.6) is 0 Å². The normalized spacial score (nSPS) is 22.2. The van der Waals surface area contributed by atoms with Gasteiger partial charge in [0.05, 0.1) is 6.10 Å².